The van der Waals surface area contributed by atoms with Crippen LogP contribution in [0.15, 0.2) is 109 Å². The number of nitrogens with zero attached hydrogens (tertiary/aromatic N) is 2. The molecule has 1 aromatic heterocycles. The number of pyridine rings is 1. The van der Waals surface area contributed by atoms with Crippen LogP contribution in [0.5, 0.6) is 0 Å². The van der Waals surface area contributed by atoms with Crippen molar-refractivity contribution in [1.82, 2.24) is 4.98 Å². The fraction of sp³-hybridized carbons (Fsp3) is 0. The predicted octanol–water partition coefficient (Wildman–Crippen LogP) is 7.18. The van der Waals surface area contributed by atoms with Crippen molar-refractivity contribution in [2.24, 2.45) is 0 Å². The highest BCUT2D eigenvalue weighted by Gasteiger charge is 2.03. The van der Waals surface area contributed by atoms with Gasteiger partial charge in [-0.05, 0) is 65.2 Å². The van der Waals surface area contributed by atoms with Crippen LogP contribution in [0.25, 0.3) is 33.2 Å². The minimum Gasteiger partial charge on any atom is -0.356 e. The standard InChI is InChI=1S/C28H19N3/c29-18-20-5-7-21(8-6-20)22-9-13-26(14-10-22)31-27-15-11-23(12-16-27)25-17-24-3-1-2-4-28(24)30-19-25/h1-17,19,31H. The second kappa shape index (κ2) is 8.14. The first-order valence-electron chi connectivity index (χ1n) is 10.1. The molecule has 4 aromatic carbocycles. The van der Waals surface area contributed by atoms with E-state index in [2.05, 4.69) is 77.0 Å². The molecule has 0 atom stereocenters. The highest BCUT2D eigenvalue weighted by molar-refractivity contribution is 5.83. The van der Waals surface area contributed by atoms with Crippen molar-refractivity contribution in [3.63, 3.8) is 0 Å². The molecule has 1 heterocycles. The minimum atomic E-state index is 0.671. The normalized spacial score (nSPS) is 10.5. The molecule has 3 nitrogen and oxygen atoms in total. The number of hydrogen-bond donors (Lipinski definition) is 1. The number of benzene rings is 4. The maximum absolute atomic E-state index is 8.94. The van der Waals surface area contributed by atoms with Gasteiger partial charge in [0.1, 0.15) is 0 Å². The van der Waals surface area contributed by atoms with Crippen LogP contribution in [-0.2, 0) is 0 Å². The quantitative estimate of drug-likeness (QED) is 0.349. The van der Waals surface area contributed by atoms with E-state index in [1.165, 1.54) is 0 Å². The Morgan fingerprint density at radius 1 is 0.613 bits per heavy atom. The summed E-state index contributed by atoms with van der Waals surface area (Å²) in [7, 11) is 0. The third kappa shape index (κ3) is 4.01. The van der Waals surface area contributed by atoms with Crippen LogP contribution in [0.1, 0.15) is 5.56 Å². The Morgan fingerprint density at radius 3 is 1.77 bits per heavy atom. The summed E-state index contributed by atoms with van der Waals surface area (Å²) < 4.78 is 0. The van der Waals surface area contributed by atoms with E-state index in [4.69, 9.17) is 5.26 Å². The summed E-state index contributed by atoms with van der Waals surface area (Å²) in [5.74, 6) is 0. The Kier molecular flexibility index (Phi) is 4.88. The molecule has 0 aliphatic carbocycles. The van der Waals surface area contributed by atoms with Gasteiger partial charge in [-0.15, -0.1) is 0 Å². The summed E-state index contributed by atoms with van der Waals surface area (Å²) in [5.41, 5.74) is 8.20. The number of anilines is 2. The van der Waals surface area contributed by atoms with E-state index in [1.807, 2.05) is 48.7 Å². The van der Waals surface area contributed by atoms with E-state index in [1.54, 1.807) is 0 Å². The zero-order chi connectivity index (χ0) is 21.0. The Balaban J connectivity index is 1.31. The van der Waals surface area contributed by atoms with Gasteiger partial charge in [-0.3, -0.25) is 4.98 Å². The average Bonchev–Trinajstić information content (AvgIpc) is 2.85. The second-order valence-corrected chi connectivity index (χ2v) is 7.39. The number of hydrogen-bond acceptors (Lipinski definition) is 3. The molecule has 5 rings (SSSR count). The summed E-state index contributed by atoms with van der Waals surface area (Å²) in [5, 5.41) is 13.5. The number of rotatable bonds is 4. The number of aromatic nitrogens is 1. The lowest BCUT2D eigenvalue weighted by atomic mass is 10.0. The molecule has 1 N–H and O–H groups in total. The first-order chi connectivity index (χ1) is 15.3. The number of nitrogens with one attached hydrogen (secondary N) is 1. The van der Waals surface area contributed by atoms with Crippen molar-refractivity contribution >= 4 is 22.3 Å². The number of fused-ring (bicyclic) bond motifs is 1. The highest BCUT2D eigenvalue weighted by Crippen LogP contribution is 2.27. The maximum Gasteiger partial charge on any atom is 0.0991 e. The lowest BCUT2D eigenvalue weighted by molar-refractivity contribution is 1.41. The van der Waals surface area contributed by atoms with Crippen LogP contribution in [0, 0.1) is 11.3 Å². The van der Waals surface area contributed by atoms with Gasteiger partial charge in [0.25, 0.3) is 0 Å². The summed E-state index contributed by atoms with van der Waals surface area (Å²) in [6.07, 6.45) is 1.92. The van der Waals surface area contributed by atoms with E-state index in [-0.39, 0.29) is 0 Å². The molecular formula is C28H19N3. The van der Waals surface area contributed by atoms with Gasteiger partial charge in [-0.2, -0.15) is 5.26 Å². The summed E-state index contributed by atoms with van der Waals surface area (Å²) in [4.78, 5) is 4.56. The fourth-order valence-electron chi connectivity index (χ4n) is 3.62. The largest absolute Gasteiger partial charge is 0.356 e. The predicted molar refractivity (Wildman–Crippen MR) is 127 cm³/mol. The first-order valence-corrected chi connectivity index (χ1v) is 10.1. The van der Waals surface area contributed by atoms with Crippen LogP contribution in [0.3, 0.4) is 0 Å². The van der Waals surface area contributed by atoms with Crippen molar-refractivity contribution < 1.29 is 0 Å². The smallest absolute Gasteiger partial charge is 0.0991 e. The number of para-hydroxylation sites is 1. The molecule has 3 heteroatoms. The van der Waals surface area contributed by atoms with Crippen molar-refractivity contribution in [3.8, 4) is 28.3 Å². The van der Waals surface area contributed by atoms with E-state index in [0.29, 0.717) is 5.56 Å². The van der Waals surface area contributed by atoms with Gasteiger partial charge in [-0.1, -0.05) is 54.6 Å². The third-order valence-electron chi connectivity index (χ3n) is 5.33. The van der Waals surface area contributed by atoms with Gasteiger partial charge in [0.05, 0.1) is 17.1 Å². The molecule has 0 amide bonds. The zero-order valence-electron chi connectivity index (χ0n) is 16.8. The summed E-state index contributed by atoms with van der Waals surface area (Å²) in [6, 6.07) is 36.8. The van der Waals surface area contributed by atoms with E-state index < -0.39 is 0 Å². The van der Waals surface area contributed by atoms with Crippen LogP contribution in [-0.4, -0.2) is 4.98 Å². The first kappa shape index (κ1) is 18.6. The molecule has 5 aromatic rings. The van der Waals surface area contributed by atoms with E-state index in [0.717, 1.165) is 44.5 Å². The molecule has 0 unspecified atom stereocenters. The van der Waals surface area contributed by atoms with Crippen LogP contribution in [0.4, 0.5) is 11.4 Å². The van der Waals surface area contributed by atoms with Crippen molar-refractivity contribution in [2.45, 2.75) is 0 Å². The minimum absolute atomic E-state index is 0.671. The van der Waals surface area contributed by atoms with Crippen LogP contribution < -0.4 is 5.32 Å². The molecule has 146 valence electrons. The van der Waals surface area contributed by atoms with Crippen LogP contribution >= 0.6 is 0 Å². The fourth-order valence-corrected chi connectivity index (χ4v) is 3.62. The molecule has 0 bridgehead atoms. The molecule has 0 saturated carbocycles. The lowest BCUT2D eigenvalue weighted by Crippen LogP contribution is -1.90. The molecule has 0 fully saturated rings. The Hall–Kier alpha value is -4.42. The van der Waals surface area contributed by atoms with Crippen molar-refractivity contribution in [3.05, 3.63) is 115 Å². The van der Waals surface area contributed by atoms with Crippen LogP contribution in [0.2, 0.25) is 0 Å². The third-order valence-corrected chi connectivity index (χ3v) is 5.33. The molecular weight excluding hydrogens is 378 g/mol. The highest BCUT2D eigenvalue weighted by atomic mass is 14.9. The Morgan fingerprint density at radius 2 is 1.16 bits per heavy atom. The van der Waals surface area contributed by atoms with E-state index in [9.17, 15) is 0 Å². The molecule has 0 saturated heterocycles. The van der Waals surface area contributed by atoms with Crippen molar-refractivity contribution in [2.75, 3.05) is 5.32 Å². The second-order valence-electron chi connectivity index (χ2n) is 7.39. The maximum atomic E-state index is 8.94. The van der Waals surface area contributed by atoms with Crippen molar-refractivity contribution in [1.29, 1.82) is 5.26 Å². The number of nitriles is 1. The summed E-state index contributed by atoms with van der Waals surface area (Å²) in [6.45, 7) is 0. The monoisotopic (exact) mass is 397 g/mol. The molecule has 0 aliphatic heterocycles. The summed E-state index contributed by atoms with van der Waals surface area (Å²) >= 11 is 0. The van der Waals surface area contributed by atoms with Gasteiger partial charge in [0.15, 0.2) is 0 Å². The van der Waals surface area contributed by atoms with E-state index >= 15 is 0 Å². The van der Waals surface area contributed by atoms with Gasteiger partial charge in [0, 0.05) is 28.5 Å². The van der Waals surface area contributed by atoms with Gasteiger partial charge >= 0.3 is 0 Å². The Bertz CT molecular complexity index is 1380. The molecule has 0 radical (unpaired) electrons. The molecule has 31 heavy (non-hydrogen) atoms. The van der Waals surface area contributed by atoms with Gasteiger partial charge in [0.2, 0.25) is 0 Å². The average molecular weight is 397 g/mol. The molecule has 0 aliphatic rings. The van der Waals surface area contributed by atoms with Gasteiger partial charge < -0.3 is 5.32 Å². The topological polar surface area (TPSA) is 48.7 Å². The lowest BCUT2D eigenvalue weighted by Gasteiger charge is -2.09. The zero-order valence-corrected chi connectivity index (χ0v) is 16.8. The Labute approximate surface area is 181 Å². The molecule has 0 spiro atoms. The van der Waals surface area contributed by atoms with Gasteiger partial charge in [-0.25, -0.2) is 0 Å². The SMILES string of the molecule is N#Cc1ccc(-c2ccc(Nc3ccc(-c4cnc5ccccc5c4)cc3)cc2)cc1.